The van der Waals surface area contributed by atoms with E-state index in [4.69, 9.17) is 5.11 Å². The zero-order valence-electron chi connectivity index (χ0n) is 12.2. The Morgan fingerprint density at radius 2 is 1.75 bits per heavy atom. The van der Waals surface area contributed by atoms with Crippen LogP contribution in [0.5, 0.6) is 0 Å². The first-order valence-corrected chi connectivity index (χ1v) is 7.00. The number of nitrogens with one attached hydrogen (secondary N) is 1. The number of hydrogen-bond donors (Lipinski definition) is 2. The van der Waals surface area contributed by atoms with Gasteiger partial charge >= 0.3 is 5.97 Å². The first-order valence-electron chi connectivity index (χ1n) is 7.00. The molecule has 0 saturated heterocycles. The van der Waals surface area contributed by atoms with Crippen LogP contribution >= 0.6 is 0 Å². The van der Waals surface area contributed by atoms with E-state index in [2.05, 4.69) is 5.32 Å². The van der Waals surface area contributed by atoms with Crippen molar-refractivity contribution in [2.45, 2.75) is 46.1 Å². The van der Waals surface area contributed by atoms with E-state index in [1.807, 2.05) is 32.9 Å². The number of carboxylic acid groups (broad SMARTS) is 1. The van der Waals surface area contributed by atoms with E-state index in [1.54, 1.807) is 0 Å². The molecule has 2 rings (SSSR count). The van der Waals surface area contributed by atoms with E-state index >= 15 is 0 Å². The molecule has 0 aliphatic heterocycles. The van der Waals surface area contributed by atoms with Gasteiger partial charge in [-0.15, -0.1) is 0 Å². The number of rotatable bonds is 3. The van der Waals surface area contributed by atoms with Crippen molar-refractivity contribution in [3.63, 3.8) is 0 Å². The van der Waals surface area contributed by atoms with Gasteiger partial charge in [0.05, 0.1) is 5.92 Å². The van der Waals surface area contributed by atoms with E-state index in [1.165, 1.54) is 0 Å². The summed E-state index contributed by atoms with van der Waals surface area (Å²) in [6.45, 7) is 5.88. The Bertz CT molecular complexity index is 528. The lowest BCUT2D eigenvalue weighted by molar-refractivity contribution is -0.141. The average Bonchev–Trinajstić information content (AvgIpc) is 2.75. The van der Waals surface area contributed by atoms with Gasteiger partial charge < -0.3 is 10.4 Å². The third kappa shape index (κ3) is 3.00. The fourth-order valence-corrected chi connectivity index (χ4v) is 3.13. The monoisotopic (exact) mass is 275 g/mol. The van der Waals surface area contributed by atoms with Crippen LogP contribution in [-0.2, 0) is 4.79 Å². The molecule has 20 heavy (non-hydrogen) atoms. The molecule has 1 aliphatic rings. The van der Waals surface area contributed by atoms with Gasteiger partial charge in [-0.05, 0) is 51.2 Å². The van der Waals surface area contributed by atoms with Crippen LogP contribution in [-0.4, -0.2) is 23.0 Å². The van der Waals surface area contributed by atoms with Crippen LogP contribution in [0.1, 0.15) is 46.3 Å². The topological polar surface area (TPSA) is 66.4 Å². The molecule has 0 aromatic heterocycles. The van der Waals surface area contributed by atoms with Crippen molar-refractivity contribution in [2.75, 3.05) is 0 Å². The van der Waals surface area contributed by atoms with Gasteiger partial charge in [0.25, 0.3) is 5.91 Å². The van der Waals surface area contributed by atoms with E-state index in [9.17, 15) is 9.59 Å². The van der Waals surface area contributed by atoms with Gasteiger partial charge in [-0.2, -0.15) is 0 Å². The Labute approximate surface area is 119 Å². The van der Waals surface area contributed by atoms with Crippen molar-refractivity contribution >= 4 is 11.9 Å². The number of amides is 1. The standard InChI is InChI=1S/C16H21NO3/c1-9-6-10(2)14(11(3)7-9)15(18)17-13-5-4-12(8-13)16(19)20/h6-7,12-13H,4-5,8H2,1-3H3,(H,17,18)(H,19,20)/t12-,13+/m1/s1. The second-order valence-electron chi connectivity index (χ2n) is 5.79. The molecule has 0 unspecified atom stereocenters. The van der Waals surface area contributed by atoms with Gasteiger partial charge in [-0.25, -0.2) is 0 Å². The van der Waals surface area contributed by atoms with Crippen LogP contribution in [0.2, 0.25) is 0 Å². The summed E-state index contributed by atoms with van der Waals surface area (Å²) in [6, 6.07) is 3.97. The molecule has 2 N–H and O–H groups in total. The number of carboxylic acids is 1. The fraction of sp³-hybridized carbons (Fsp3) is 0.500. The Balaban J connectivity index is 2.08. The first-order chi connectivity index (χ1) is 9.38. The molecule has 1 aromatic rings. The zero-order chi connectivity index (χ0) is 14.9. The lowest BCUT2D eigenvalue weighted by Crippen LogP contribution is -2.34. The summed E-state index contributed by atoms with van der Waals surface area (Å²) in [5.74, 6) is -1.17. The van der Waals surface area contributed by atoms with Gasteiger partial charge in [-0.1, -0.05) is 17.7 Å². The summed E-state index contributed by atoms with van der Waals surface area (Å²) in [7, 11) is 0. The van der Waals surface area contributed by atoms with Gasteiger partial charge in [0.1, 0.15) is 0 Å². The molecule has 1 saturated carbocycles. The number of aliphatic carboxylic acids is 1. The van der Waals surface area contributed by atoms with Gasteiger partial charge in [0.2, 0.25) is 0 Å². The van der Waals surface area contributed by atoms with Crippen molar-refractivity contribution < 1.29 is 14.7 Å². The highest BCUT2D eigenvalue weighted by molar-refractivity contribution is 5.97. The minimum atomic E-state index is -0.760. The predicted molar refractivity (Wildman–Crippen MR) is 76.9 cm³/mol. The van der Waals surface area contributed by atoms with Crippen LogP contribution in [0.4, 0.5) is 0 Å². The highest BCUT2D eigenvalue weighted by Crippen LogP contribution is 2.26. The van der Waals surface area contributed by atoms with Crippen molar-refractivity contribution in [1.82, 2.24) is 5.32 Å². The van der Waals surface area contributed by atoms with Crippen LogP contribution in [0.25, 0.3) is 0 Å². The number of hydrogen-bond acceptors (Lipinski definition) is 2. The fourth-order valence-electron chi connectivity index (χ4n) is 3.13. The van der Waals surface area contributed by atoms with Crippen molar-refractivity contribution in [2.24, 2.45) is 5.92 Å². The summed E-state index contributed by atoms with van der Waals surface area (Å²) < 4.78 is 0. The Morgan fingerprint density at radius 3 is 2.25 bits per heavy atom. The van der Waals surface area contributed by atoms with Crippen LogP contribution < -0.4 is 5.32 Å². The molecule has 4 heteroatoms. The summed E-state index contributed by atoms with van der Waals surface area (Å²) >= 11 is 0. The maximum atomic E-state index is 12.4. The molecule has 0 heterocycles. The van der Waals surface area contributed by atoms with Crippen LogP contribution in [0, 0.1) is 26.7 Å². The minimum absolute atomic E-state index is 0.0243. The largest absolute Gasteiger partial charge is 0.481 e. The molecule has 0 radical (unpaired) electrons. The van der Waals surface area contributed by atoms with E-state index in [-0.39, 0.29) is 17.9 Å². The van der Waals surface area contributed by atoms with Crippen molar-refractivity contribution in [3.8, 4) is 0 Å². The zero-order valence-corrected chi connectivity index (χ0v) is 12.2. The number of aryl methyl sites for hydroxylation is 3. The Morgan fingerprint density at radius 1 is 1.15 bits per heavy atom. The van der Waals surface area contributed by atoms with E-state index in [0.29, 0.717) is 12.8 Å². The maximum absolute atomic E-state index is 12.4. The Hall–Kier alpha value is -1.84. The predicted octanol–water partition coefficient (Wildman–Crippen LogP) is 2.59. The van der Waals surface area contributed by atoms with E-state index in [0.717, 1.165) is 28.7 Å². The summed E-state index contributed by atoms with van der Waals surface area (Å²) in [5.41, 5.74) is 3.79. The number of carbonyl (C=O) groups is 2. The second-order valence-corrected chi connectivity index (χ2v) is 5.79. The van der Waals surface area contributed by atoms with E-state index < -0.39 is 5.97 Å². The average molecular weight is 275 g/mol. The van der Waals surface area contributed by atoms with Gasteiger partial charge in [0, 0.05) is 11.6 Å². The van der Waals surface area contributed by atoms with Gasteiger partial charge in [-0.3, -0.25) is 9.59 Å². The molecule has 1 amide bonds. The normalized spacial score (nSPS) is 21.8. The molecule has 0 spiro atoms. The molecule has 1 aromatic carbocycles. The quantitative estimate of drug-likeness (QED) is 0.891. The van der Waals surface area contributed by atoms with Crippen molar-refractivity contribution in [3.05, 3.63) is 34.4 Å². The van der Waals surface area contributed by atoms with Crippen molar-refractivity contribution in [1.29, 1.82) is 0 Å². The first kappa shape index (κ1) is 14.6. The third-order valence-corrected chi connectivity index (χ3v) is 4.02. The van der Waals surface area contributed by atoms with Crippen LogP contribution in [0.3, 0.4) is 0 Å². The highest BCUT2D eigenvalue weighted by atomic mass is 16.4. The SMILES string of the molecule is Cc1cc(C)c(C(=O)N[C@H]2CC[C@@H](C(=O)O)C2)c(C)c1. The molecular weight excluding hydrogens is 254 g/mol. The Kier molecular flexibility index (Phi) is 4.12. The summed E-state index contributed by atoms with van der Waals surface area (Å²) in [6.07, 6.45) is 1.92. The number of benzene rings is 1. The number of carbonyl (C=O) groups excluding carboxylic acids is 1. The highest BCUT2D eigenvalue weighted by Gasteiger charge is 2.31. The second kappa shape index (κ2) is 5.65. The molecule has 4 nitrogen and oxygen atoms in total. The molecule has 108 valence electrons. The summed E-state index contributed by atoms with van der Waals surface area (Å²) in [4.78, 5) is 23.3. The van der Waals surface area contributed by atoms with Crippen LogP contribution in [0.15, 0.2) is 12.1 Å². The smallest absolute Gasteiger partial charge is 0.306 e. The molecule has 1 fully saturated rings. The summed E-state index contributed by atoms with van der Waals surface area (Å²) in [5, 5.41) is 12.0. The molecule has 2 atom stereocenters. The maximum Gasteiger partial charge on any atom is 0.306 e. The van der Waals surface area contributed by atoms with Gasteiger partial charge in [0.15, 0.2) is 0 Å². The minimum Gasteiger partial charge on any atom is -0.481 e. The molecule has 0 bridgehead atoms. The third-order valence-electron chi connectivity index (χ3n) is 4.02. The lowest BCUT2D eigenvalue weighted by Gasteiger charge is -2.16. The lowest BCUT2D eigenvalue weighted by atomic mass is 9.99. The molecule has 1 aliphatic carbocycles. The molecular formula is C16H21NO3.